The maximum Gasteiger partial charge on any atom is 0.313 e. The Kier molecular flexibility index (Phi) is 4.04. The van der Waals surface area contributed by atoms with Crippen LogP contribution in [0.2, 0.25) is 0 Å². The Labute approximate surface area is 137 Å². The van der Waals surface area contributed by atoms with Gasteiger partial charge in [0, 0.05) is 12.6 Å². The van der Waals surface area contributed by atoms with Crippen LogP contribution in [0.1, 0.15) is 56.6 Å². The number of rotatable bonds is 6. The molecule has 0 aromatic heterocycles. The fourth-order valence-electron chi connectivity index (χ4n) is 2.99. The highest BCUT2D eigenvalue weighted by molar-refractivity contribution is 5.93. The van der Waals surface area contributed by atoms with Crippen molar-refractivity contribution in [3.63, 3.8) is 0 Å². The molecule has 2 aliphatic rings. The topological polar surface area (TPSA) is 75.4 Å². The summed E-state index contributed by atoms with van der Waals surface area (Å²) >= 11 is 0. The van der Waals surface area contributed by atoms with E-state index in [1.54, 1.807) is 0 Å². The van der Waals surface area contributed by atoms with E-state index >= 15 is 0 Å². The lowest BCUT2D eigenvalue weighted by Crippen LogP contribution is -2.52. The van der Waals surface area contributed by atoms with Crippen LogP contribution < -0.4 is 11.1 Å². The highest BCUT2D eigenvalue weighted by Gasteiger charge is 2.54. The lowest BCUT2D eigenvalue weighted by molar-refractivity contribution is -0.135. The normalized spacial score (nSPS) is 18.6. The zero-order valence-corrected chi connectivity index (χ0v) is 13.8. The maximum atomic E-state index is 12.9. The molecule has 2 fully saturated rings. The fourth-order valence-corrected chi connectivity index (χ4v) is 2.99. The highest BCUT2D eigenvalue weighted by atomic mass is 16.2. The Bertz CT molecular complexity index is 601. The van der Waals surface area contributed by atoms with Crippen molar-refractivity contribution in [1.29, 1.82) is 0 Å². The van der Waals surface area contributed by atoms with Crippen molar-refractivity contribution in [3.05, 3.63) is 35.4 Å². The van der Waals surface area contributed by atoms with Crippen molar-refractivity contribution >= 4 is 11.9 Å². The summed E-state index contributed by atoms with van der Waals surface area (Å²) in [5.74, 6) is 0.520. The summed E-state index contributed by atoms with van der Waals surface area (Å²) in [4.78, 5) is 26.0. The first kappa shape index (κ1) is 15.8. The number of nitrogens with one attached hydrogen (secondary N) is 1. The number of hydrogen-bond donors (Lipinski definition) is 2. The van der Waals surface area contributed by atoms with Crippen LogP contribution in [0.4, 0.5) is 4.79 Å². The average molecular weight is 315 g/mol. The summed E-state index contributed by atoms with van der Waals surface area (Å²) in [6.07, 6.45) is 3.46. The monoisotopic (exact) mass is 315 g/mol. The smallest absolute Gasteiger partial charge is 0.313 e. The van der Waals surface area contributed by atoms with E-state index in [-0.39, 0.29) is 5.91 Å². The quantitative estimate of drug-likeness (QED) is 0.846. The van der Waals surface area contributed by atoms with Crippen LogP contribution in [0.25, 0.3) is 0 Å². The van der Waals surface area contributed by atoms with Gasteiger partial charge in [0.2, 0.25) is 5.91 Å². The molecule has 0 radical (unpaired) electrons. The van der Waals surface area contributed by atoms with Gasteiger partial charge in [0.1, 0.15) is 5.54 Å². The molecule has 5 heteroatoms. The molecule has 3 N–H and O–H groups in total. The number of benzene rings is 1. The summed E-state index contributed by atoms with van der Waals surface area (Å²) in [6.45, 7) is 4.94. The van der Waals surface area contributed by atoms with E-state index in [1.807, 2.05) is 4.90 Å². The van der Waals surface area contributed by atoms with Crippen LogP contribution in [0.15, 0.2) is 24.3 Å². The minimum atomic E-state index is -0.744. The van der Waals surface area contributed by atoms with E-state index in [1.165, 1.54) is 5.56 Å². The van der Waals surface area contributed by atoms with Gasteiger partial charge in [-0.05, 0) is 42.7 Å². The Morgan fingerprint density at radius 3 is 2.30 bits per heavy atom. The van der Waals surface area contributed by atoms with Gasteiger partial charge in [0.25, 0.3) is 0 Å². The first-order valence-electron chi connectivity index (χ1n) is 8.39. The number of nitrogens with two attached hydrogens (primary N) is 1. The zero-order chi connectivity index (χ0) is 16.6. The summed E-state index contributed by atoms with van der Waals surface area (Å²) in [5, 5.41) is 2.65. The molecule has 0 saturated heterocycles. The van der Waals surface area contributed by atoms with Crippen LogP contribution in [0.5, 0.6) is 0 Å². The number of urea groups is 1. The molecule has 0 heterocycles. The minimum Gasteiger partial charge on any atom is -0.352 e. The molecule has 0 aliphatic heterocycles. The molecular weight excluding hydrogens is 290 g/mol. The Morgan fingerprint density at radius 1 is 1.26 bits per heavy atom. The predicted octanol–water partition coefficient (Wildman–Crippen LogP) is 2.50. The standard InChI is InChI=1S/C18H25N3O2/c1-12(2)14-5-3-13(4-6-14)11-21(15-7-8-15)16(22)18(9-10-18)20-17(19)23/h3-6,12,15H,7-11H2,1-2H3,(H3,19,20,23). The van der Waals surface area contributed by atoms with Crippen molar-refractivity contribution in [1.82, 2.24) is 10.2 Å². The van der Waals surface area contributed by atoms with Gasteiger partial charge in [-0.3, -0.25) is 4.79 Å². The average Bonchev–Trinajstić information content (AvgIpc) is 3.39. The number of carbonyl (C=O) groups is 2. The fraction of sp³-hybridized carbons (Fsp3) is 0.556. The van der Waals surface area contributed by atoms with Gasteiger partial charge in [-0.1, -0.05) is 38.1 Å². The van der Waals surface area contributed by atoms with Crippen molar-refractivity contribution in [3.8, 4) is 0 Å². The van der Waals surface area contributed by atoms with Gasteiger partial charge >= 0.3 is 6.03 Å². The van der Waals surface area contributed by atoms with Crippen LogP contribution >= 0.6 is 0 Å². The molecule has 2 saturated carbocycles. The van der Waals surface area contributed by atoms with Crippen molar-refractivity contribution in [2.24, 2.45) is 5.73 Å². The third-order valence-corrected chi connectivity index (χ3v) is 4.77. The summed E-state index contributed by atoms with van der Waals surface area (Å²) in [7, 11) is 0. The Morgan fingerprint density at radius 2 is 1.87 bits per heavy atom. The van der Waals surface area contributed by atoms with E-state index in [0.29, 0.717) is 31.3 Å². The van der Waals surface area contributed by atoms with Crippen LogP contribution in [-0.4, -0.2) is 28.4 Å². The molecule has 3 rings (SSSR count). The predicted molar refractivity (Wildman–Crippen MR) is 88.8 cm³/mol. The SMILES string of the molecule is CC(C)c1ccc(CN(C(=O)C2(NC(N)=O)CC2)C2CC2)cc1. The van der Waals surface area contributed by atoms with Crippen molar-refractivity contribution in [2.75, 3.05) is 0 Å². The molecule has 5 nitrogen and oxygen atoms in total. The zero-order valence-electron chi connectivity index (χ0n) is 13.8. The molecule has 1 aromatic rings. The van der Waals surface area contributed by atoms with E-state index in [0.717, 1.165) is 18.4 Å². The second kappa shape index (κ2) is 5.87. The summed E-state index contributed by atoms with van der Waals surface area (Å²) in [6, 6.07) is 8.14. The lowest BCUT2D eigenvalue weighted by Gasteiger charge is -2.28. The largest absolute Gasteiger partial charge is 0.352 e. The number of carbonyl (C=O) groups excluding carboxylic acids is 2. The van der Waals surface area contributed by atoms with Crippen molar-refractivity contribution < 1.29 is 9.59 Å². The second-order valence-corrected chi connectivity index (χ2v) is 7.13. The van der Waals surface area contributed by atoms with Gasteiger partial charge < -0.3 is 16.0 Å². The molecule has 0 spiro atoms. The second-order valence-electron chi connectivity index (χ2n) is 7.13. The number of nitrogens with zero attached hydrogens (tertiary/aromatic N) is 1. The number of hydrogen-bond acceptors (Lipinski definition) is 2. The first-order chi connectivity index (χ1) is 10.9. The first-order valence-corrected chi connectivity index (χ1v) is 8.39. The van der Waals surface area contributed by atoms with Gasteiger partial charge in [0.05, 0.1) is 0 Å². The summed E-state index contributed by atoms with van der Waals surface area (Å²) in [5.41, 5.74) is 6.91. The van der Waals surface area contributed by atoms with Crippen LogP contribution in [0, 0.1) is 0 Å². The van der Waals surface area contributed by atoms with E-state index in [4.69, 9.17) is 5.73 Å². The van der Waals surface area contributed by atoms with E-state index in [9.17, 15) is 9.59 Å². The lowest BCUT2D eigenvalue weighted by atomic mass is 10.0. The van der Waals surface area contributed by atoms with Crippen molar-refractivity contribution in [2.45, 2.75) is 63.6 Å². The minimum absolute atomic E-state index is 0.0201. The molecule has 2 aliphatic carbocycles. The van der Waals surface area contributed by atoms with E-state index < -0.39 is 11.6 Å². The molecule has 1 aromatic carbocycles. The van der Waals surface area contributed by atoms with Crippen LogP contribution in [-0.2, 0) is 11.3 Å². The molecular formula is C18H25N3O2. The molecule has 3 amide bonds. The molecule has 23 heavy (non-hydrogen) atoms. The maximum absolute atomic E-state index is 12.9. The number of primary amides is 1. The van der Waals surface area contributed by atoms with Gasteiger partial charge in [-0.2, -0.15) is 0 Å². The third-order valence-electron chi connectivity index (χ3n) is 4.77. The Balaban J connectivity index is 1.72. The van der Waals surface area contributed by atoms with E-state index in [2.05, 4.69) is 43.4 Å². The van der Waals surface area contributed by atoms with Gasteiger partial charge in [-0.25, -0.2) is 4.79 Å². The van der Waals surface area contributed by atoms with Gasteiger partial charge in [0.15, 0.2) is 0 Å². The third kappa shape index (κ3) is 3.49. The summed E-state index contributed by atoms with van der Waals surface area (Å²) < 4.78 is 0. The van der Waals surface area contributed by atoms with Gasteiger partial charge in [-0.15, -0.1) is 0 Å². The molecule has 0 atom stereocenters. The molecule has 124 valence electrons. The molecule has 0 unspecified atom stereocenters. The highest BCUT2D eigenvalue weighted by Crippen LogP contribution is 2.40. The Hall–Kier alpha value is -2.04. The van der Waals surface area contributed by atoms with Crippen LogP contribution in [0.3, 0.4) is 0 Å². The number of amides is 3. The molecule has 0 bridgehead atoms.